The lowest BCUT2D eigenvalue weighted by molar-refractivity contribution is 0.0697. The summed E-state index contributed by atoms with van der Waals surface area (Å²) in [6, 6.07) is 16.9. The highest BCUT2D eigenvalue weighted by Gasteiger charge is 2.12. The number of rotatable bonds is 5. The van der Waals surface area contributed by atoms with E-state index in [0.29, 0.717) is 11.1 Å². The first-order valence-electron chi connectivity index (χ1n) is 7.81. The van der Waals surface area contributed by atoms with Crippen LogP contribution in [0.4, 0.5) is 5.95 Å². The standard InChI is InChI=1S/C19H13N5O3/c20-10-15-16(13-4-2-1-3-5-13)22-19(23-17(15)25)24-21-11-12-6-8-14(9-7-12)18(26)27/h1-9,11H,(H,26,27)(H2,22,23,24,25). The first kappa shape index (κ1) is 17.6. The minimum absolute atomic E-state index is 0.0799. The van der Waals surface area contributed by atoms with Crippen LogP contribution in [0.15, 0.2) is 64.5 Å². The fourth-order valence-corrected chi connectivity index (χ4v) is 2.31. The molecule has 1 heterocycles. The third kappa shape index (κ3) is 4.05. The second-order valence-electron chi connectivity index (χ2n) is 5.41. The molecule has 0 radical (unpaired) electrons. The van der Waals surface area contributed by atoms with Crippen LogP contribution >= 0.6 is 0 Å². The normalized spacial score (nSPS) is 10.5. The van der Waals surface area contributed by atoms with Gasteiger partial charge in [-0.25, -0.2) is 15.2 Å². The summed E-state index contributed by atoms with van der Waals surface area (Å²) in [7, 11) is 0. The van der Waals surface area contributed by atoms with Gasteiger partial charge in [-0.2, -0.15) is 10.4 Å². The zero-order valence-corrected chi connectivity index (χ0v) is 13.9. The van der Waals surface area contributed by atoms with E-state index in [4.69, 9.17) is 5.11 Å². The van der Waals surface area contributed by atoms with Gasteiger partial charge in [0.25, 0.3) is 5.56 Å². The summed E-state index contributed by atoms with van der Waals surface area (Å²) < 4.78 is 0. The molecular weight excluding hydrogens is 346 g/mol. The molecule has 1 aromatic heterocycles. The molecule has 0 atom stereocenters. The summed E-state index contributed by atoms with van der Waals surface area (Å²) >= 11 is 0. The van der Waals surface area contributed by atoms with E-state index in [-0.39, 0.29) is 22.8 Å². The number of H-pyrrole nitrogens is 1. The van der Waals surface area contributed by atoms with Gasteiger partial charge >= 0.3 is 5.97 Å². The molecule has 8 heteroatoms. The summed E-state index contributed by atoms with van der Waals surface area (Å²) in [5.41, 5.74) is 3.67. The van der Waals surface area contributed by atoms with Crippen LogP contribution in [0.5, 0.6) is 0 Å². The maximum absolute atomic E-state index is 12.1. The van der Waals surface area contributed by atoms with E-state index >= 15 is 0 Å². The minimum atomic E-state index is -1.01. The van der Waals surface area contributed by atoms with E-state index in [2.05, 4.69) is 20.5 Å². The summed E-state index contributed by atoms with van der Waals surface area (Å²) in [4.78, 5) is 29.7. The van der Waals surface area contributed by atoms with Gasteiger partial charge in [-0.3, -0.25) is 9.78 Å². The average molecular weight is 359 g/mol. The number of hydrogen-bond acceptors (Lipinski definition) is 6. The summed E-state index contributed by atoms with van der Waals surface area (Å²) in [6.45, 7) is 0. The van der Waals surface area contributed by atoms with Crippen LogP contribution in [0, 0.1) is 11.3 Å². The van der Waals surface area contributed by atoms with Crippen molar-refractivity contribution in [3.05, 3.63) is 81.6 Å². The zero-order chi connectivity index (χ0) is 19.2. The number of aromatic amines is 1. The van der Waals surface area contributed by atoms with Gasteiger partial charge in [-0.05, 0) is 17.7 Å². The second-order valence-corrected chi connectivity index (χ2v) is 5.41. The molecule has 0 saturated carbocycles. The number of nitrogens with one attached hydrogen (secondary N) is 2. The Balaban J connectivity index is 1.85. The molecule has 0 saturated heterocycles. The van der Waals surface area contributed by atoms with Crippen LogP contribution in [-0.4, -0.2) is 27.3 Å². The van der Waals surface area contributed by atoms with Gasteiger partial charge in [0.05, 0.1) is 17.5 Å². The number of carbonyl (C=O) groups is 1. The predicted molar refractivity (Wildman–Crippen MR) is 99.6 cm³/mol. The van der Waals surface area contributed by atoms with E-state index in [0.717, 1.165) is 0 Å². The molecular formula is C19H13N5O3. The molecule has 0 aliphatic carbocycles. The molecule has 27 heavy (non-hydrogen) atoms. The van der Waals surface area contributed by atoms with Gasteiger partial charge in [0.15, 0.2) is 0 Å². The molecule has 0 aliphatic rings. The Hall–Kier alpha value is -4.25. The maximum atomic E-state index is 12.1. The first-order chi connectivity index (χ1) is 13.1. The number of nitrogens with zero attached hydrogens (tertiary/aromatic N) is 3. The fourth-order valence-electron chi connectivity index (χ4n) is 2.31. The third-order valence-corrected chi connectivity index (χ3v) is 3.62. The van der Waals surface area contributed by atoms with Crippen LogP contribution in [0.1, 0.15) is 21.5 Å². The smallest absolute Gasteiger partial charge is 0.335 e. The number of nitriles is 1. The third-order valence-electron chi connectivity index (χ3n) is 3.62. The van der Waals surface area contributed by atoms with Crippen molar-refractivity contribution in [2.45, 2.75) is 0 Å². The topological polar surface area (TPSA) is 131 Å². The average Bonchev–Trinajstić information content (AvgIpc) is 2.68. The second kappa shape index (κ2) is 7.76. The van der Waals surface area contributed by atoms with Crippen molar-refractivity contribution in [3.8, 4) is 17.3 Å². The van der Waals surface area contributed by atoms with E-state index in [1.807, 2.05) is 12.1 Å². The Morgan fingerprint density at radius 3 is 2.52 bits per heavy atom. The number of carboxylic acids is 1. The predicted octanol–water partition coefficient (Wildman–Crippen LogP) is 2.45. The molecule has 0 aliphatic heterocycles. The van der Waals surface area contributed by atoms with Gasteiger partial charge in [0, 0.05) is 5.56 Å². The molecule has 0 spiro atoms. The van der Waals surface area contributed by atoms with Gasteiger partial charge in [-0.15, -0.1) is 0 Å². The van der Waals surface area contributed by atoms with Crippen LogP contribution in [-0.2, 0) is 0 Å². The lowest BCUT2D eigenvalue weighted by Gasteiger charge is -2.05. The summed E-state index contributed by atoms with van der Waals surface area (Å²) in [5.74, 6) is -0.930. The summed E-state index contributed by atoms with van der Waals surface area (Å²) in [5, 5.41) is 22.1. The largest absolute Gasteiger partial charge is 0.478 e. The fraction of sp³-hybridized carbons (Fsp3) is 0. The molecule has 0 unspecified atom stereocenters. The molecule has 3 aromatic rings. The highest BCUT2D eigenvalue weighted by molar-refractivity contribution is 5.89. The van der Waals surface area contributed by atoms with Gasteiger partial charge in [0.1, 0.15) is 11.6 Å². The first-order valence-corrected chi connectivity index (χ1v) is 7.81. The van der Waals surface area contributed by atoms with Crippen LogP contribution < -0.4 is 11.0 Å². The van der Waals surface area contributed by atoms with Gasteiger partial charge < -0.3 is 5.11 Å². The highest BCUT2D eigenvalue weighted by Crippen LogP contribution is 2.19. The van der Waals surface area contributed by atoms with Crippen LogP contribution in [0.3, 0.4) is 0 Å². The SMILES string of the molecule is N#Cc1c(-c2ccccc2)nc(NN=Cc2ccc(C(=O)O)cc2)[nH]c1=O. The minimum Gasteiger partial charge on any atom is -0.478 e. The monoisotopic (exact) mass is 359 g/mol. The van der Waals surface area contributed by atoms with Crippen molar-refractivity contribution in [1.29, 1.82) is 5.26 Å². The highest BCUT2D eigenvalue weighted by atomic mass is 16.4. The Morgan fingerprint density at radius 1 is 1.19 bits per heavy atom. The molecule has 3 N–H and O–H groups in total. The number of hydrogen-bond donors (Lipinski definition) is 3. The van der Waals surface area contributed by atoms with Gasteiger partial charge in [0.2, 0.25) is 5.95 Å². The van der Waals surface area contributed by atoms with E-state index < -0.39 is 11.5 Å². The molecule has 8 nitrogen and oxygen atoms in total. The van der Waals surface area contributed by atoms with Crippen molar-refractivity contribution in [3.63, 3.8) is 0 Å². The van der Waals surface area contributed by atoms with Crippen molar-refractivity contribution >= 4 is 18.1 Å². The van der Waals surface area contributed by atoms with E-state index in [1.165, 1.54) is 18.3 Å². The quantitative estimate of drug-likeness (QED) is 0.474. The Labute approximate surface area is 153 Å². The molecule has 132 valence electrons. The molecule has 2 aromatic carbocycles. The number of carboxylic acid groups (broad SMARTS) is 1. The van der Waals surface area contributed by atoms with Gasteiger partial charge in [-0.1, -0.05) is 42.5 Å². The number of hydrazone groups is 1. The number of aromatic nitrogens is 2. The number of anilines is 1. The van der Waals surface area contributed by atoms with Crippen molar-refractivity contribution in [1.82, 2.24) is 9.97 Å². The van der Waals surface area contributed by atoms with Crippen LogP contribution in [0.25, 0.3) is 11.3 Å². The molecule has 0 bridgehead atoms. The van der Waals surface area contributed by atoms with E-state index in [1.54, 1.807) is 36.4 Å². The van der Waals surface area contributed by atoms with Crippen LogP contribution in [0.2, 0.25) is 0 Å². The van der Waals surface area contributed by atoms with Crippen molar-refractivity contribution in [2.75, 3.05) is 5.43 Å². The Bertz CT molecular complexity index is 1100. The lowest BCUT2D eigenvalue weighted by Crippen LogP contribution is -2.16. The Kier molecular flexibility index (Phi) is 5.05. The summed E-state index contributed by atoms with van der Waals surface area (Å²) in [6.07, 6.45) is 1.45. The zero-order valence-electron chi connectivity index (χ0n) is 13.9. The lowest BCUT2D eigenvalue weighted by atomic mass is 10.1. The molecule has 0 amide bonds. The number of benzene rings is 2. The molecule has 0 fully saturated rings. The van der Waals surface area contributed by atoms with E-state index in [9.17, 15) is 14.9 Å². The van der Waals surface area contributed by atoms with Crippen molar-refractivity contribution < 1.29 is 9.90 Å². The maximum Gasteiger partial charge on any atom is 0.335 e. The van der Waals surface area contributed by atoms with Crippen molar-refractivity contribution in [2.24, 2.45) is 5.10 Å². The Morgan fingerprint density at radius 2 is 1.89 bits per heavy atom. The number of aromatic carboxylic acids is 1. The molecule has 3 rings (SSSR count).